The molecular formula is C21H26N4O3S. The van der Waals surface area contributed by atoms with Gasteiger partial charge in [0.25, 0.3) is 0 Å². The van der Waals surface area contributed by atoms with E-state index in [0.29, 0.717) is 24.6 Å². The quantitative estimate of drug-likeness (QED) is 0.527. The van der Waals surface area contributed by atoms with Gasteiger partial charge in [-0.3, -0.25) is 4.98 Å². The van der Waals surface area contributed by atoms with Crippen LogP contribution in [0.4, 0.5) is 0 Å². The molecule has 29 heavy (non-hydrogen) atoms. The van der Waals surface area contributed by atoms with Gasteiger partial charge in [0.15, 0.2) is 5.03 Å². The van der Waals surface area contributed by atoms with Crippen LogP contribution in [0.5, 0.6) is 5.75 Å². The van der Waals surface area contributed by atoms with E-state index in [2.05, 4.69) is 4.98 Å². The van der Waals surface area contributed by atoms with Crippen LogP contribution in [0.25, 0.3) is 0 Å². The van der Waals surface area contributed by atoms with Crippen molar-refractivity contribution in [1.29, 1.82) is 0 Å². The number of hydrogen-bond donors (Lipinski definition) is 0. The van der Waals surface area contributed by atoms with Crippen LogP contribution in [0, 0.1) is 0 Å². The SMILES string of the molecule is CC(C)c1nc(CN(C)C)n(Cc2ccncc2)c1S(=O)(=O)Oc1ccccc1. The highest BCUT2D eigenvalue weighted by molar-refractivity contribution is 7.87. The average Bonchev–Trinajstić information content (AvgIpc) is 3.01. The lowest BCUT2D eigenvalue weighted by Gasteiger charge is -2.16. The number of aromatic nitrogens is 3. The standard InChI is InChI=1S/C21H26N4O3S/c1-16(2)20-21(29(26,27)28-18-8-6-5-7-9-18)25(19(23-20)15-24(3)4)14-17-10-12-22-13-11-17/h5-13,16H,14-15H2,1-4H3. The molecule has 0 spiro atoms. The molecule has 0 saturated carbocycles. The van der Waals surface area contributed by atoms with Crippen molar-refractivity contribution in [3.63, 3.8) is 0 Å². The first-order valence-corrected chi connectivity index (χ1v) is 10.8. The van der Waals surface area contributed by atoms with Gasteiger partial charge in [-0.05, 0) is 49.8 Å². The predicted octanol–water partition coefficient (Wildman–Crippen LogP) is 3.28. The van der Waals surface area contributed by atoms with Gasteiger partial charge in [0.05, 0.1) is 18.8 Å². The van der Waals surface area contributed by atoms with Crippen LogP contribution in [0.3, 0.4) is 0 Å². The minimum atomic E-state index is -4.09. The van der Waals surface area contributed by atoms with Crippen LogP contribution in [-0.2, 0) is 23.2 Å². The third-order valence-corrected chi connectivity index (χ3v) is 5.62. The fraction of sp³-hybridized carbons (Fsp3) is 0.333. The second-order valence-corrected chi connectivity index (χ2v) is 8.86. The Morgan fingerprint density at radius 2 is 1.72 bits per heavy atom. The van der Waals surface area contributed by atoms with Crippen molar-refractivity contribution in [2.75, 3.05) is 14.1 Å². The molecule has 0 aliphatic heterocycles. The Balaban J connectivity index is 2.15. The van der Waals surface area contributed by atoms with Gasteiger partial charge in [0.2, 0.25) is 0 Å². The number of benzene rings is 1. The van der Waals surface area contributed by atoms with Crippen molar-refractivity contribution in [2.45, 2.75) is 37.9 Å². The lowest BCUT2D eigenvalue weighted by molar-refractivity contribution is 0.378. The molecule has 8 heteroatoms. The highest BCUT2D eigenvalue weighted by atomic mass is 32.2. The van der Waals surface area contributed by atoms with Crippen molar-refractivity contribution in [1.82, 2.24) is 19.4 Å². The zero-order chi connectivity index (χ0) is 21.0. The normalized spacial score (nSPS) is 11.9. The summed E-state index contributed by atoms with van der Waals surface area (Å²) in [5.74, 6) is 0.859. The summed E-state index contributed by atoms with van der Waals surface area (Å²) in [6.45, 7) is 4.73. The van der Waals surface area contributed by atoms with Gasteiger partial charge in [-0.25, -0.2) is 4.98 Å². The Morgan fingerprint density at radius 3 is 2.31 bits per heavy atom. The first-order chi connectivity index (χ1) is 13.8. The minimum absolute atomic E-state index is 0.0845. The summed E-state index contributed by atoms with van der Waals surface area (Å²) in [5, 5.41) is 0.102. The fourth-order valence-electron chi connectivity index (χ4n) is 3.02. The minimum Gasteiger partial charge on any atom is -0.378 e. The Labute approximate surface area is 172 Å². The maximum atomic E-state index is 13.3. The molecule has 0 aliphatic rings. The summed E-state index contributed by atoms with van der Waals surface area (Å²) < 4.78 is 33.9. The van der Waals surface area contributed by atoms with Crippen molar-refractivity contribution in [3.8, 4) is 5.75 Å². The highest BCUT2D eigenvalue weighted by Gasteiger charge is 2.31. The van der Waals surface area contributed by atoms with E-state index in [1.54, 1.807) is 41.2 Å². The second-order valence-electron chi connectivity index (χ2n) is 7.40. The van der Waals surface area contributed by atoms with Gasteiger partial charge in [-0.1, -0.05) is 32.0 Å². The first-order valence-electron chi connectivity index (χ1n) is 9.40. The molecule has 0 aliphatic carbocycles. The van der Waals surface area contributed by atoms with E-state index in [1.807, 2.05) is 51.0 Å². The molecule has 0 saturated heterocycles. The molecule has 3 aromatic rings. The van der Waals surface area contributed by atoms with E-state index in [1.165, 1.54) is 0 Å². The van der Waals surface area contributed by atoms with E-state index in [-0.39, 0.29) is 16.7 Å². The number of para-hydroxylation sites is 1. The molecule has 0 N–H and O–H groups in total. The van der Waals surface area contributed by atoms with Crippen LogP contribution >= 0.6 is 0 Å². The number of pyridine rings is 1. The summed E-state index contributed by atoms with van der Waals surface area (Å²) in [5.41, 5.74) is 1.44. The molecule has 0 amide bonds. The molecule has 7 nitrogen and oxygen atoms in total. The molecular weight excluding hydrogens is 388 g/mol. The van der Waals surface area contributed by atoms with Crippen LogP contribution < -0.4 is 4.18 Å². The maximum Gasteiger partial charge on any atom is 0.357 e. The third kappa shape index (κ3) is 5.02. The van der Waals surface area contributed by atoms with Gasteiger partial charge in [0.1, 0.15) is 11.6 Å². The summed E-state index contributed by atoms with van der Waals surface area (Å²) in [4.78, 5) is 10.7. The predicted molar refractivity (Wildman–Crippen MR) is 111 cm³/mol. The van der Waals surface area contributed by atoms with Gasteiger partial charge in [0, 0.05) is 12.4 Å². The van der Waals surface area contributed by atoms with Crippen molar-refractivity contribution < 1.29 is 12.6 Å². The Morgan fingerprint density at radius 1 is 1.07 bits per heavy atom. The Bertz CT molecular complexity index is 1050. The van der Waals surface area contributed by atoms with Gasteiger partial charge >= 0.3 is 10.1 Å². The third-order valence-electron chi connectivity index (χ3n) is 4.31. The van der Waals surface area contributed by atoms with Gasteiger partial charge in [-0.15, -0.1) is 0 Å². The number of imidazole rings is 1. The molecule has 0 unspecified atom stereocenters. The Hall–Kier alpha value is -2.71. The number of nitrogens with zero attached hydrogens (tertiary/aromatic N) is 4. The molecule has 0 atom stereocenters. The number of rotatable bonds is 8. The van der Waals surface area contributed by atoms with E-state index in [9.17, 15) is 8.42 Å². The zero-order valence-corrected chi connectivity index (χ0v) is 17.9. The van der Waals surface area contributed by atoms with Crippen LogP contribution in [0.15, 0.2) is 59.9 Å². The Kier molecular flexibility index (Phi) is 6.34. The first kappa shape index (κ1) is 21.0. The van der Waals surface area contributed by atoms with E-state index in [0.717, 1.165) is 5.56 Å². The average molecular weight is 415 g/mol. The maximum absolute atomic E-state index is 13.3. The number of hydrogen-bond acceptors (Lipinski definition) is 6. The highest BCUT2D eigenvalue weighted by Crippen LogP contribution is 2.29. The van der Waals surface area contributed by atoms with Gasteiger partial charge < -0.3 is 13.7 Å². The van der Waals surface area contributed by atoms with Gasteiger partial charge in [-0.2, -0.15) is 8.42 Å². The van der Waals surface area contributed by atoms with Crippen LogP contribution in [-0.4, -0.2) is 41.9 Å². The van der Waals surface area contributed by atoms with Crippen molar-refractivity contribution >= 4 is 10.1 Å². The summed E-state index contributed by atoms with van der Waals surface area (Å²) in [7, 11) is -0.237. The van der Waals surface area contributed by atoms with Crippen molar-refractivity contribution in [3.05, 3.63) is 71.9 Å². The molecule has 0 radical (unpaired) electrons. The smallest absolute Gasteiger partial charge is 0.357 e. The van der Waals surface area contributed by atoms with E-state index < -0.39 is 10.1 Å². The molecule has 0 bridgehead atoms. The lowest BCUT2D eigenvalue weighted by atomic mass is 10.1. The van der Waals surface area contributed by atoms with E-state index in [4.69, 9.17) is 9.17 Å². The fourth-order valence-corrected chi connectivity index (χ4v) is 4.44. The molecule has 0 fully saturated rings. The van der Waals surface area contributed by atoms with Crippen molar-refractivity contribution in [2.24, 2.45) is 0 Å². The zero-order valence-electron chi connectivity index (χ0n) is 17.1. The topological polar surface area (TPSA) is 77.3 Å². The molecule has 154 valence electrons. The molecule has 2 aromatic heterocycles. The monoisotopic (exact) mass is 414 g/mol. The summed E-state index contributed by atoms with van der Waals surface area (Å²) >= 11 is 0. The molecule has 1 aromatic carbocycles. The van der Waals surface area contributed by atoms with Crippen LogP contribution in [0.1, 0.15) is 36.8 Å². The molecule has 3 rings (SSSR count). The summed E-state index contributed by atoms with van der Waals surface area (Å²) in [6.07, 6.45) is 3.38. The largest absolute Gasteiger partial charge is 0.378 e. The second kappa shape index (κ2) is 8.75. The lowest BCUT2D eigenvalue weighted by Crippen LogP contribution is -2.21. The van der Waals surface area contributed by atoms with E-state index >= 15 is 0 Å². The summed E-state index contributed by atoms with van der Waals surface area (Å²) in [6, 6.07) is 12.3. The van der Waals surface area contributed by atoms with Crippen LogP contribution in [0.2, 0.25) is 0 Å². The molecule has 2 heterocycles.